The first-order valence-electron chi connectivity index (χ1n) is 12.4. The van der Waals surface area contributed by atoms with Crippen LogP contribution in [0.2, 0.25) is 20.1 Å². The van der Waals surface area contributed by atoms with Crippen LogP contribution in [-0.2, 0) is 26.2 Å². The van der Waals surface area contributed by atoms with Gasteiger partial charge in [-0.2, -0.15) is 0 Å². The summed E-state index contributed by atoms with van der Waals surface area (Å²) < 4.78 is 28.7. The molecule has 1 atom stereocenters. The van der Waals surface area contributed by atoms with Gasteiger partial charge >= 0.3 is 0 Å². The zero-order valence-electron chi connectivity index (χ0n) is 22.1. The van der Waals surface area contributed by atoms with Gasteiger partial charge in [-0.1, -0.05) is 77.1 Å². The Bertz CT molecular complexity index is 1460. The minimum absolute atomic E-state index is 0.0215. The highest BCUT2D eigenvalue weighted by Gasteiger charge is 2.33. The number of carbonyl (C=O) groups is 2. The van der Waals surface area contributed by atoms with E-state index in [1.54, 1.807) is 37.3 Å². The molecule has 0 unspecified atom stereocenters. The summed E-state index contributed by atoms with van der Waals surface area (Å²) in [6.07, 6.45) is 0.706. The predicted octanol–water partition coefficient (Wildman–Crippen LogP) is 6.75. The summed E-state index contributed by atoms with van der Waals surface area (Å²) in [7, 11) is -4.25. The average Bonchev–Trinajstić information content (AvgIpc) is 2.90. The predicted molar refractivity (Wildman–Crippen MR) is 162 cm³/mol. The summed E-state index contributed by atoms with van der Waals surface area (Å²) in [5.41, 5.74) is 1.58. The van der Waals surface area contributed by atoms with E-state index in [0.29, 0.717) is 23.6 Å². The molecule has 0 aromatic heterocycles. The van der Waals surface area contributed by atoms with Crippen LogP contribution in [0.1, 0.15) is 31.4 Å². The van der Waals surface area contributed by atoms with Crippen molar-refractivity contribution in [2.24, 2.45) is 0 Å². The Labute approximate surface area is 255 Å². The Morgan fingerprint density at radius 2 is 1.52 bits per heavy atom. The molecule has 3 aromatic rings. The second kappa shape index (κ2) is 13.9. The van der Waals surface area contributed by atoms with Gasteiger partial charge in [-0.15, -0.1) is 0 Å². The maximum Gasteiger partial charge on any atom is 0.264 e. The van der Waals surface area contributed by atoms with E-state index in [9.17, 15) is 18.0 Å². The highest BCUT2D eigenvalue weighted by atomic mass is 35.5. The molecule has 0 aliphatic heterocycles. The molecule has 0 saturated carbocycles. The first kappa shape index (κ1) is 32.0. The fourth-order valence-corrected chi connectivity index (χ4v) is 6.10. The van der Waals surface area contributed by atoms with Crippen molar-refractivity contribution >= 4 is 73.9 Å². The van der Waals surface area contributed by atoms with Crippen molar-refractivity contribution in [1.29, 1.82) is 0 Å². The van der Waals surface area contributed by atoms with Gasteiger partial charge in [0, 0.05) is 23.1 Å². The molecule has 1 N–H and O–H groups in total. The van der Waals surface area contributed by atoms with Crippen molar-refractivity contribution in [3.8, 4) is 0 Å². The zero-order chi connectivity index (χ0) is 29.6. The van der Waals surface area contributed by atoms with Gasteiger partial charge < -0.3 is 10.2 Å². The fourth-order valence-electron chi connectivity index (χ4n) is 3.86. The van der Waals surface area contributed by atoms with Crippen LogP contribution in [0.5, 0.6) is 0 Å². The lowest BCUT2D eigenvalue weighted by atomic mass is 10.1. The van der Waals surface area contributed by atoms with Crippen LogP contribution < -0.4 is 9.62 Å². The van der Waals surface area contributed by atoms with Gasteiger partial charge in [0.1, 0.15) is 12.6 Å². The quantitative estimate of drug-likeness (QED) is 0.250. The normalized spacial score (nSPS) is 12.1. The molecule has 40 heavy (non-hydrogen) atoms. The number of sulfonamides is 1. The Balaban J connectivity index is 2.06. The standard InChI is InChI=1S/C28H29Cl4N3O4S/c1-4-11-33-28(37)19(3)34(16-20-7-10-25(31)26(32)12-20)27(36)17-35(23-14-21(29)13-22(30)15-23)40(38,39)24-8-5-18(2)6-9-24/h5-10,12-15,19H,4,11,16-17H2,1-3H3,(H,33,37)/t19-/m0/s1. The molecule has 0 saturated heterocycles. The summed E-state index contributed by atoms with van der Waals surface area (Å²) in [6, 6.07) is 14.5. The summed E-state index contributed by atoms with van der Waals surface area (Å²) in [5, 5.41) is 3.80. The highest BCUT2D eigenvalue weighted by Crippen LogP contribution is 2.30. The fraction of sp³-hybridized carbons (Fsp3) is 0.286. The Hall–Kier alpha value is -2.49. The SMILES string of the molecule is CCCNC(=O)[C@H](C)N(Cc1ccc(Cl)c(Cl)c1)C(=O)CN(c1cc(Cl)cc(Cl)c1)S(=O)(=O)c1ccc(C)cc1. The number of hydrogen-bond donors (Lipinski definition) is 1. The Kier molecular flexibility index (Phi) is 11.1. The Morgan fingerprint density at radius 1 is 0.900 bits per heavy atom. The van der Waals surface area contributed by atoms with Crippen LogP contribution in [0.3, 0.4) is 0 Å². The van der Waals surface area contributed by atoms with Crippen LogP contribution in [0.15, 0.2) is 65.6 Å². The van der Waals surface area contributed by atoms with Crippen molar-refractivity contribution in [2.75, 3.05) is 17.4 Å². The largest absolute Gasteiger partial charge is 0.354 e. The van der Waals surface area contributed by atoms with Gasteiger partial charge in [0.05, 0.1) is 20.6 Å². The molecule has 0 spiro atoms. The van der Waals surface area contributed by atoms with Crippen molar-refractivity contribution < 1.29 is 18.0 Å². The number of carbonyl (C=O) groups excluding carboxylic acids is 2. The number of nitrogens with zero attached hydrogens (tertiary/aromatic N) is 2. The number of anilines is 1. The van der Waals surface area contributed by atoms with E-state index in [-0.39, 0.29) is 38.1 Å². The minimum Gasteiger partial charge on any atom is -0.354 e. The van der Waals surface area contributed by atoms with E-state index < -0.39 is 28.5 Å². The number of nitrogens with one attached hydrogen (secondary N) is 1. The van der Waals surface area contributed by atoms with E-state index in [1.807, 2.05) is 13.8 Å². The summed E-state index contributed by atoms with van der Waals surface area (Å²) in [5.74, 6) is -1.01. The second-order valence-electron chi connectivity index (χ2n) is 9.19. The van der Waals surface area contributed by atoms with Crippen LogP contribution in [0.25, 0.3) is 0 Å². The number of amides is 2. The molecular weight excluding hydrogens is 616 g/mol. The first-order chi connectivity index (χ1) is 18.8. The maximum absolute atomic E-state index is 13.9. The third-order valence-corrected chi connectivity index (χ3v) is 9.04. The van der Waals surface area contributed by atoms with Crippen molar-refractivity contribution in [3.05, 3.63) is 91.9 Å². The molecule has 0 aliphatic carbocycles. The molecule has 0 radical (unpaired) electrons. The maximum atomic E-state index is 13.9. The zero-order valence-corrected chi connectivity index (χ0v) is 26.0. The van der Waals surface area contributed by atoms with E-state index >= 15 is 0 Å². The molecule has 2 amide bonds. The van der Waals surface area contributed by atoms with E-state index in [0.717, 1.165) is 9.87 Å². The van der Waals surface area contributed by atoms with Crippen molar-refractivity contribution in [1.82, 2.24) is 10.2 Å². The van der Waals surface area contributed by atoms with E-state index in [4.69, 9.17) is 46.4 Å². The van der Waals surface area contributed by atoms with Crippen LogP contribution >= 0.6 is 46.4 Å². The lowest BCUT2D eigenvalue weighted by Gasteiger charge is -2.32. The average molecular weight is 645 g/mol. The molecule has 12 heteroatoms. The van der Waals surface area contributed by atoms with E-state index in [2.05, 4.69) is 5.32 Å². The molecule has 3 aromatic carbocycles. The molecule has 0 fully saturated rings. The van der Waals surface area contributed by atoms with Gasteiger partial charge in [0.2, 0.25) is 11.8 Å². The summed E-state index contributed by atoms with van der Waals surface area (Å²) in [4.78, 5) is 28.1. The lowest BCUT2D eigenvalue weighted by Crippen LogP contribution is -2.51. The smallest absolute Gasteiger partial charge is 0.264 e. The molecule has 0 aliphatic rings. The Morgan fingerprint density at radius 3 is 2.10 bits per heavy atom. The lowest BCUT2D eigenvalue weighted by molar-refractivity contribution is -0.139. The summed E-state index contributed by atoms with van der Waals surface area (Å²) in [6.45, 7) is 5.10. The number of aryl methyl sites for hydroxylation is 1. The second-order valence-corrected chi connectivity index (χ2v) is 12.7. The van der Waals surface area contributed by atoms with Gasteiger partial charge in [0.15, 0.2) is 0 Å². The van der Waals surface area contributed by atoms with Crippen LogP contribution in [-0.4, -0.2) is 44.3 Å². The van der Waals surface area contributed by atoms with Gasteiger partial charge in [-0.25, -0.2) is 8.42 Å². The number of benzene rings is 3. The highest BCUT2D eigenvalue weighted by molar-refractivity contribution is 7.92. The number of hydrogen-bond acceptors (Lipinski definition) is 4. The molecule has 7 nitrogen and oxygen atoms in total. The van der Waals surface area contributed by atoms with Crippen molar-refractivity contribution in [2.45, 2.75) is 44.7 Å². The molecule has 3 rings (SSSR count). The minimum atomic E-state index is -4.25. The summed E-state index contributed by atoms with van der Waals surface area (Å²) >= 11 is 24.7. The monoisotopic (exact) mass is 643 g/mol. The molecule has 0 heterocycles. The topological polar surface area (TPSA) is 86.8 Å². The van der Waals surface area contributed by atoms with E-state index in [1.165, 1.54) is 35.2 Å². The van der Waals surface area contributed by atoms with Gasteiger partial charge in [0.25, 0.3) is 10.0 Å². The number of rotatable bonds is 11. The third-order valence-electron chi connectivity index (χ3n) is 6.08. The third kappa shape index (κ3) is 8.04. The van der Waals surface area contributed by atoms with Crippen LogP contribution in [0.4, 0.5) is 5.69 Å². The first-order valence-corrected chi connectivity index (χ1v) is 15.3. The molecule has 0 bridgehead atoms. The number of halogens is 4. The van der Waals surface area contributed by atoms with Gasteiger partial charge in [-0.3, -0.25) is 13.9 Å². The molecular formula is C28H29Cl4N3O4S. The molecule has 214 valence electrons. The van der Waals surface area contributed by atoms with Gasteiger partial charge in [-0.05, 0) is 68.3 Å². The van der Waals surface area contributed by atoms with Crippen molar-refractivity contribution in [3.63, 3.8) is 0 Å². The van der Waals surface area contributed by atoms with Crippen LogP contribution in [0, 0.1) is 6.92 Å².